The quantitative estimate of drug-likeness (QED) is 0.440. The van der Waals surface area contributed by atoms with Gasteiger partial charge in [0.25, 0.3) is 0 Å². The third-order valence-electron chi connectivity index (χ3n) is 4.67. The van der Waals surface area contributed by atoms with Gasteiger partial charge in [0.2, 0.25) is 5.43 Å². The molecule has 0 atom stereocenters. The van der Waals surface area contributed by atoms with E-state index in [9.17, 15) is 4.79 Å². The van der Waals surface area contributed by atoms with Crippen LogP contribution >= 0.6 is 11.8 Å². The van der Waals surface area contributed by atoms with E-state index in [0.29, 0.717) is 27.4 Å². The van der Waals surface area contributed by atoms with Crippen LogP contribution in [-0.4, -0.2) is 5.60 Å². The fourth-order valence-electron chi connectivity index (χ4n) is 3.08. The summed E-state index contributed by atoms with van der Waals surface area (Å²) in [4.78, 5) is 13.1. The van der Waals surface area contributed by atoms with E-state index in [4.69, 9.17) is 9.15 Å². The first kappa shape index (κ1) is 21.5. The van der Waals surface area contributed by atoms with Crippen molar-refractivity contribution in [2.75, 3.05) is 0 Å². The Balaban J connectivity index is 1.89. The highest BCUT2D eigenvalue weighted by atomic mass is 32.2. The molecule has 0 saturated heterocycles. The number of hydrogen-bond donors (Lipinski definition) is 0. The lowest BCUT2D eigenvalue weighted by atomic mass is 9.87. The molecular formula is C25H30O3S. The van der Waals surface area contributed by atoms with E-state index in [-0.39, 0.29) is 16.4 Å². The van der Waals surface area contributed by atoms with Gasteiger partial charge in [-0.1, -0.05) is 62.9 Å². The summed E-state index contributed by atoms with van der Waals surface area (Å²) in [6, 6.07) is 14.2. The van der Waals surface area contributed by atoms with E-state index < -0.39 is 0 Å². The molecule has 1 aromatic heterocycles. The Labute approximate surface area is 177 Å². The van der Waals surface area contributed by atoms with Gasteiger partial charge < -0.3 is 9.15 Å². The molecule has 0 aliphatic rings. The van der Waals surface area contributed by atoms with E-state index >= 15 is 0 Å². The Kier molecular flexibility index (Phi) is 5.86. The van der Waals surface area contributed by atoms with Crippen molar-refractivity contribution in [3.8, 4) is 5.75 Å². The maximum atomic E-state index is 13.1. The summed E-state index contributed by atoms with van der Waals surface area (Å²) < 4.78 is 12.1. The molecule has 0 aliphatic heterocycles. The van der Waals surface area contributed by atoms with Gasteiger partial charge in [-0.3, -0.25) is 4.79 Å². The van der Waals surface area contributed by atoms with Crippen molar-refractivity contribution in [1.29, 1.82) is 0 Å². The van der Waals surface area contributed by atoms with Crippen molar-refractivity contribution >= 4 is 22.7 Å². The van der Waals surface area contributed by atoms with Crippen LogP contribution in [-0.2, 0) is 11.2 Å². The molecule has 0 fully saturated rings. The Hall–Kier alpha value is -2.20. The van der Waals surface area contributed by atoms with Gasteiger partial charge in [0.15, 0.2) is 5.09 Å². The molecule has 0 N–H and O–H groups in total. The van der Waals surface area contributed by atoms with Crippen molar-refractivity contribution in [2.24, 2.45) is 0 Å². The molecule has 1 heterocycles. The number of rotatable bonds is 4. The van der Waals surface area contributed by atoms with Crippen LogP contribution in [0.3, 0.4) is 0 Å². The number of benzene rings is 2. The summed E-state index contributed by atoms with van der Waals surface area (Å²) >= 11 is 1.55. The van der Waals surface area contributed by atoms with Gasteiger partial charge in [0, 0.05) is 11.3 Å². The zero-order chi connectivity index (χ0) is 21.4. The van der Waals surface area contributed by atoms with Crippen LogP contribution in [0.1, 0.15) is 58.2 Å². The number of hydrogen-bond acceptors (Lipinski definition) is 4. The molecule has 0 radical (unpaired) electrons. The summed E-state index contributed by atoms with van der Waals surface area (Å²) in [5, 5.41) is 1.18. The molecule has 0 bridgehead atoms. The smallest absolute Gasteiger partial charge is 0.200 e. The molecule has 29 heavy (non-hydrogen) atoms. The molecular weight excluding hydrogens is 380 g/mol. The van der Waals surface area contributed by atoms with Gasteiger partial charge in [-0.15, -0.1) is 0 Å². The average molecular weight is 411 g/mol. The second-order valence-electron chi connectivity index (χ2n) is 9.42. The Morgan fingerprint density at radius 1 is 0.966 bits per heavy atom. The fourth-order valence-corrected chi connectivity index (χ4v) is 4.03. The summed E-state index contributed by atoms with van der Waals surface area (Å²) in [5.74, 6) is 1.32. The van der Waals surface area contributed by atoms with Crippen LogP contribution in [0.15, 0.2) is 56.8 Å². The van der Waals surface area contributed by atoms with E-state index in [1.165, 1.54) is 11.1 Å². The predicted molar refractivity (Wildman–Crippen MR) is 122 cm³/mol. The normalized spacial score (nSPS) is 12.4. The first-order chi connectivity index (χ1) is 13.5. The molecule has 154 valence electrons. The van der Waals surface area contributed by atoms with Gasteiger partial charge in [-0.25, -0.2) is 0 Å². The van der Waals surface area contributed by atoms with Gasteiger partial charge >= 0.3 is 0 Å². The number of ether oxygens (including phenoxy) is 1. The monoisotopic (exact) mass is 410 g/mol. The van der Waals surface area contributed by atoms with Crippen molar-refractivity contribution in [2.45, 2.75) is 70.3 Å². The van der Waals surface area contributed by atoms with Crippen LogP contribution in [0.2, 0.25) is 0 Å². The zero-order valence-electron chi connectivity index (χ0n) is 18.4. The summed E-state index contributed by atoms with van der Waals surface area (Å²) in [7, 11) is 0. The highest BCUT2D eigenvalue weighted by molar-refractivity contribution is 7.98. The lowest BCUT2D eigenvalue weighted by Gasteiger charge is -2.22. The van der Waals surface area contributed by atoms with E-state index in [1.54, 1.807) is 11.8 Å². The minimum absolute atomic E-state index is 0.0309. The Bertz CT molecular complexity index is 1060. The Morgan fingerprint density at radius 3 is 2.21 bits per heavy atom. The minimum Gasteiger partial charge on any atom is -0.487 e. The van der Waals surface area contributed by atoms with Crippen molar-refractivity contribution in [3.05, 3.63) is 69.4 Å². The topological polar surface area (TPSA) is 39.4 Å². The van der Waals surface area contributed by atoms with Gasteiger partial charge in [-0.2, -0.15) is 0 Å². The summed E-state index contributed by atoms with van der Waals surface area (Å²) in [6.07, 6.45) is 0. The molecule has 3 aromatic rings. The van der Waals surface area contributed by atoms with Crippen LogP contribution in [0.4, 0.5) is 0 Å². The number of thioether (sulfide) groups is 1. The fraction of sp³-hybridized carbons (Fsp3) is 0.400. The van der Waals surface area contributed by atoms with Gasteiger partial charge in [0.05, 0.1) is 0 Å². The maximum absolute atomic E-state index is 13.1. The van der Waals surface area contributed by atoms with Crippen LogP contribution in [0.5, 0.6) is 5.75 Å². The highest BCUT2D eigenvalue weighted by Crippen LogP contribution is 2.32. The summed E-state index contributed by atoms with van der Waals surface area (Å²) in [6.45, 7) is 14.4. The van der Waals surface area contributed by atoms with E-state index in [0.717, 1.165) is 5.75 Å². The third-order valence-corrected chi connectivity index (χ3v) is 5.80. The molecule has 0 unspecified atom stereocenters. The van der Waals surface area contributed by atoms with Gasteiger partial charge in [-0.05, 0) is 56.4 Å². The predicted octanol–water partition coefficient (Wildman–Crippen LogP) is 6.87. The lowest BCUT2D eigenvalue weighted by Crippen LogP contribution is -2.24. The van der Waals surface area contributed by atoms with Crippen LogP contribution in [0.25, 0.3) is 11.0 Å². The van der Waals surface area contributed by atoms with Gasteiger partial charge in [0.1, 0.15) is 22.3 Å². The zero-order valence-corrected chi connectivity index (χ0v) is 19.2. The van der Waals surface area contributed by atoms with Crippen LogP contribution in [0, 0.1) is 6.92 Å². The largest absolute Gasteiger partial charge is 0.487 e. The molecule has 2 aromatic carbocycles. The second-order valence-corrected chi connectivity index (χ2v) is 10.4. The minimum atomic E-state index is -0.388. The second kappa shape index (κ2) is 7.91. The van der Waals surface area contributed by atoms with Crippen molar-refractivity contribution in [1.82, 2.24) is 0 Å². The van der Waals surface area contributed by atoms with Crippen LogP contribution < -0.4 is 10.2 Å². The average Bonchev–Trinajstić information content (AvgIpc) is 2.62. The Morgan fingerprint density at radius 2 is 1.62 bits per heavy atom. The molecule has 0 amide bonds. The highest BCUT2D eigenvalue weighted by Gasteiger charge is 2.19. The molecule has 3 rings (SSSR count). The lowest BCUT2D eigenvalue weighted by molar-refractivity contribution is 0.133. The van der Waals surface area contributed by atoms with E-state index in [1.807, 2.05) is 45.9 Å². The SMILES string of the molecule is Cc1c(SCc2ccc(C(C)(C)C)cc2)oc2cccc(OC(C)(C)C)c2c1=O. The molecule has 0 spiro atoms. The number of fused-ring (bicyclic) bond motifs is 1. The third kappa shape index (κ3) is 5.05. The molecule has 4 heteroatoms. The standard InChI is InChI=1S/C25H30O3S/c1-16-22(26)21-19(9-8-10-20(21)28-25(5,6)7)27-23(16)29-15-17-11-13-18(14-12-17)24(2,3)4/h8-14H,15H2,1-7H3. The van der Waals surface area contributed by atoms with Crippen molar-refractivity contribution < 1.29 is 9.15 Å². The van der Waals surface area contributed by atoms with Crippen molar-refractivity contribution in [3.63, 3.8) is 0 Å². The van der Waals surface area contributed by atoms with E-state index in [2.05, 4.69) is 45.0 Å². The maximum Gasteiger partial charge on any atom is 0.200 e. The summed E-state index contributed by atoms with van der Waals surface area (Å²) in [5.41, 5.74) is 3.42. The molecule has 0 saturated carbocycles. The first-order valence-corrected chi connectivity index (χ1v) is 10.9. The molecule has 3 nitrogen and oxygen atoms in total. The molecule has 0 aliphatic carbocycles. The first-order valence-electron chi connectivity index (χ1n) is 9.93.